The molecule has 0 aliphatic rings. The smallest absolute Gasteiger partial charge is 0.123 e. The van der Waals surface area contributed by atoms with E-state index in [0.717, 1.165) is 5.56 Å². The zero-order valence-corrected chi connectivity index (χ0v) is 6.94. The van der Waals surface area contributed by atoms with Gasteiger partial charge in [-0.05, 0) is 17.7 Å². The molecule has 0 spiro atoms. The Hall–Kier alpha value is -0.780. The quantitative estimate of drug-likeness (QED) is 0.710. The van der Waals surface area contributed by atoms with Crippen molar-refractivity contribution in [3.05, 3.63) is 35.6 Å². The van der Waals surface area contributed by atoms with Crippen molar-refractivity contribution in [2.45, 2.75) is 6.54 Å². The van der Waals surface area contributed by atoms with Crippen molar-refractivity contribution in [3.63, 3.8) is 0 Å². The molecule has 1 aromatic rings. The molecule has 0 heterocycles. The van der Waals surface area contributed by atoms with Crippen LogP contribution in [0.3, 0.4) is 0 Å². The van der Waals surface area contributed by atoms with Gasteiger partial charge in [0.2, 0.25) is 0 Å². The molecule has 0 saturated carbocycles. The predicted octanol–water partition coefficient (Wildman–Crippen LogP) is 0.709. The molecule has 0 aromatic heterocycles. The van der Waals surface area contributed by atoms with E-state index in [1.807, 2.05) is 0 Å². The van der Waals surface area contributed by atoms with Crippen molar-refractivity contribution in [2.75, 3.05) is 0 Å². The maximum atomic E-state index is 12.3. The van der Waals surface area contributed by atoms with Crippen LogP contribution in [0.5, 0.6) is 0 Å². The summed E-state index contributed by atoms with van der Waals surface area (Å²) in [5.74, 6) is -0.331. The Bertz CT molecular complexity index is 275. The maximum Gasteiger partial charge on any atom is 0.123 e. The second kappa shape index (κ2) is 4.30. The second-order valence-electron chi connectivity index (χ2n) is 2.18. The molecule has 0 fully saturated rings. The predicted molar refractivity (Wildman–Crippen MR) is 42.2 cm³/mol. The number of hydrogen-bond donors (Lipinski definition) is 1. The first-order valence-electron chi connectivity index (χ1n) is 3.25. The van der Waals surface area contributed by atoms with Crippen LogP contribution in [0.1, 0.15) is 5.56 Å². The van der Waals surface area contributed by atoms with Crippen LogP contribution in [0, 0.1) is 5.82 Å². The lowest BCUT2D eigenvalue weighted by Crippen LogP contribution is -2.15. The molecule has 1 N–H and O–H groups in total. The van der Waals surface area contributed by atoms with Crippen molar-refractivity contribution in [1.29, 1.82) is 0 Å². The highest BCUT2D eigenvalue weighted by molar-refractivity contribution is 7.77. The average molecular weight is 188 g/mol. The zero-order valence-electron chi connectivity index (χ0n) is 6.12. The van der Waals surface area contributed by atoms with E-state index in [-0.39, 0.29) is 12.4 Å². The molecule has 0 aliphatic heterocycles. The number of hydrogen-bond acceptors (Lipinski definition) is 2. The Balaban J connectivity index is 2.53. The monoisotopic (exact) mass is 188 g/mol. The number of halogens is 1. The van der Waals surface area contributed by atoms with Gasteiger partial charge in [-0.15, -0.1) is 0 Å². The normalized spacial score (nSPS) is 12.8. The van der Waals surface area contributed by atoms with Gasteiger partial charge in [-0.25, -0.2) is 9.11 Å². The summed E-state index contributed by atoms with van der Waals surface area (Å²) >= 11 is -2.27. The molecule has 1 atom stereocenters. The van der Waals surface area contributed by atoms with Crippen LogP contribution in [0.2, 0.25) is 0 Å². The van der Waals surface area contributed by atoms with E-state index in [0.29, 0.717) is 0 Å². The molecule has 0 bridgehead atoms. The summed E-state index contributed by atoms with van der Waals surface area (Å²) in [5, 5.41) is 0. The van der Waals surface area contributed by atoms with E-state index >= 15 is 0 Å². The van der Waals surface area contributed by atoms with Crippen molar-refractivity contribution in [1.82, 2.24) is 4.72 Å². The van der Waals surface area contributed by atoms with Gasteiger partial charge < -0.3 is 4.55 Å². The van der Waals surface area contributed by atoms with Crippen LogP contribution in [0.15, 0.2) is 24.3 Å². The Morgan fingerprint density at radius 3 is 2.50 bits per heavy atom. The summed E-state index contributed by atoms with van der Waals surface area (Å²) in [6.07, 6.45) is 0. The summed E-state index contributed by atoms with van der Waals surface area (Å²) < 4.78 is 34.6. The average Bonchev–Trinajstić information content (AvgIpc) is 2.03. The molecule has 0 aliphatic carbocycles. The molecule has 0 amide bonds. The Morgan fingerprint density at radius 2 is 2.00 bits per heavy atom. The molecule has 66 valence electrons. The van der Waals surface area contributed by atoms with Crippen LogP contribution in [-0.4, -0.2) is 8.76 Å². The molecular weight excluding hydrogens is 181 g/mol. The van der Waals surface area contributed by atoms with Gasteiger partial charge in [0, 0.05) is 17.8 Å². The lowest BCUT2D eigenvalue weighted by Gasteiger charge is -2.06. The first kappa shape index (κ1) is 9.31. The van der Waals surface area contributed by atoms with E-state index < -0.39 is 11.3 Å². The lowest BCUT2D eigenvalue weighted by atomic mass is 10.2. The highest BCUT2D eigenvalue weighted by Gasteiger charge is 1.92. The third kappa shape index (κ3) is 3.08. The molecule has 5 heteroatoms. The topological polar surface area (TPSA) is 52.2 Å². The molecule has 0 saturated heterocycles. The lowest BCUT2D eigenvalue weighted by molar-refractivity contribution is 0.522. The zero-order chi connectivity index (χ0) is 8.97. The fraction of sp³-hybridized carbons (Fsp3) is 0.143. The third-order valence-electron chi connectivity index (χ3n) is 1.31. The maximum absolute atomic E-state index is 12.3. The first-order chi connectivity index (χ1) is 5.68. The minimum atomic E-state index is -2.27. The molecular formula is C7H7FNO2S-. The van der Waals surface area contributed by atoms with Crippen molar-refractivity contribution in [3.8, 4) is 0 Å². The van der Waals surface area contributed by atoms with Gasteiger partial charge in [0.25, 0.3) is 0 Å². The van der Waals surface area contributed by atoms with Gasteiger partial charge in [0.05, 0.1) is 0 Å². The Morgan fingerprint density at radius 1 is 1.42 bits per heavy atom. The van der Waals surface area contributed by atoms with Crippen LogP contribution in [0.25, 0.3) is 0 Å². The molecule has 1 aromatic carbocycles. The van der Waals surface area contributed by atoms with Gasteiger partial charge in [-0.2, -0.15) is 0 Å². The fourth-order valence-electron chi connectivity index (χ4n) is 0.745. The third-order valence-corrected chi connectivity index (χ3v) is 1.69. The van der Waals surface area contributed by atoms with Crippen LogP contribution >= 0.6 is 0 Å². The highest BCUT2D eigenvalue weighted by Crippen LogP contribution is 2.01. The molecule has 1 rings (SSSR count). The van der Waals surface area contributed by atoms with Gasteiger partial charge >= 0.3 is 0 Å². The molecule has 0 radical (unpaired) electrons. The SMILES string of the molecule is O=S([O-])NCc1ccc(F)cc1. The largest absolute Gasteiger partial charge is 0.760 e. The summed E-state index contributed by atoms with van der Waals surface area (Å²) in [7, 11) is 0. The second-order valence-corrected chi connectivity index (χ2v) is 2.94. The van der Waals surface area contributed by atoms with E-state index in [4.69, 9.17) is 0 Å². The van der Waals surface area contributed by atoms with E-state index in [1.165, 1.54) is 24.3 Å². The highest BCUT2D eigenvalue weighted by atomic mass is 32.2. The van der Waals surface area contributed by atoms with Crippen LogP contribution in [0.4, 0.5) is 4.39 Å². The van der Waals surface area contributed by atoms with Gasteiger partial charge in [-0.1, -0.05) is 12.1 Å². The van der Waals surface area contributed by atoms with E-state index in [2.05, 4.69) is 4.72 Å². The Kier molecular flexibility index (Phi) is 3.33. The molecule has 1 unspecified atom stereocenters. The first-order valence-corrected chi connectivity index (χ1v) is 4.33. The van der Waals surface area contributed by atoms with Crippen LogP contribution < -0.4 is 4.72 Å². The molecule has 12 heavy (non-hydrogen) atoms. The van der Waals surface area contributed by atoms with Gasteiger partial charge in [-0.3, -0.25) is 4.21 Å². The van der Waals surface area contributed by atoms with Crippen molar-refractivity contribution >= 4 is 11.3 Å². The fourth-order valence-corrected chi connectivity index (χ4v) is 1.03. The Labute approximate surface area is 72.0 Å². The van der Waals surface area contributed by atoms with Crippen molar-refractivity contribution in [2.24, 2.45) is 0 Å². The summed E-state index contributed by atoms with van der Waals surface area (Å²) in [6, 6.07) is 5.61. The summed E-state index contributed by atoms with van der Waals surface area (Å²) in [5.41, 5.74) is 0.723. The summed E-state index contributed by atoms with van der Waals surface area (Å²) in [6.45, 7) is 0.191. The number of benzene rings is 1. The summed E-state index contributed by atoms with van der Waals surface area (Å²) in [4.78, 5) is 0. The van der Waals surface area contributed by atoms with E-state index in [9.17, 15) is 13.2 Å². The minimum absolute atomic E-state index is 0.191. The minimum Gasteiger partial charge on any atom is -0.760 e. The number of nitrogens with one attached hydrogen (secondary N) is 1. The van der Waals surface area contributed by atoms with E-state index in [1.54, 1.807) is 0 Å². The molecule has 3 nitrogen and oxygen atoms in total. The van der Waals surface area contributed by atoms with Crippen LogP contribution in [-0.2, 0) is 17.8 Å². The number of rotatable bonds is 3. The van der Waals surface area contributed by atoms with Gasteiger partial charge in [0.15, 0.2) is 0 Å². The standard InChI is InChI=1S/C7H8FNO2S/c8-7-3-1-6(2-4-7)5-9-12(10)11/h1-4,9H,5H2,(H,10,11)/p-1. The van der Waals surface area contributed by atoms with Crippen molar-refractivity contribution < 1.29 is 13.2 Å². The van der Waals surface area contributed by atoms with Gasteiger partial charge in [0.1, 0.15) is 5.82 Å².